The molecule has 57 heavy (non-hydrogen) atoms. The maximum atomic E-state index is 5.90. The molecule has 6 heterocycles. The second-order valence-electron chi connectivity index (χ2n) is 16.8. The number of para-hydroxylation sites is 3. The van der Waals surface area contributed by atoms with Gasteiger partial charge in [0, 0.05) is 34.5 Å². The third-order valence-corrected chi connectivity index (χ3v) is 12.9. The second kappa shape index (κ2) is 14.6. The minimum atomic E-state index is -0.227. The number of benzene rings is 4. The van der Waals surface area contributed by atoms with E-state index < -0.39 is 0 Å². The number of rotatable bonds is 8. The number of anilines is 3. The average molecular weight is 757 g/mol. The van der Waals surface area contributed by atoms with Crippen molar-refractivity contribution in [3.63, 3.8) is 0 Å². The van der Waals surface area contributed by atoms with Crippen molar-refractivity contribution in [1.82, 2.24) is 15.3 Å². The van der Waals surface area contributed by atoms with Gasteiger partial charge in [0.15, 0.2) is 12.3 Å². The number of amidine groups is 4. The van der Waals surface area contributed by atoms with Crippen molar-refractivity contribution < 1.29 is 0 Å². The molecule has 0 radical (unpaired) electrons. The Morgan fingerprint density at radius 2 is 1.33 bits per heavy atom. The topological polar surface area (TPSA) is 85.0 Å². The zero-order chi connectivity index (χ0) is 38.7. The van der Waals surface area contributed by atoms with Gasteiger partial charge in [-0.2, -0.15) is 4.90 Å². The molecule has 9 heteroatoms. The van der Waals surface area contributed by atoms with Crippen LogP contribution in [0, 0.1) is 20.8 Å². The molecule has 4 aromatic rings. The summed E-state index contributed by atoms with van der Waals surface area (Å²) in [5, 5.41) is 7.85. The highest BCUT2D eigenvalue weighted by atomic mass is 15.4. The van der Waals surface area contributed by atoms with E-state index >= 15 is 0 Å². The van der Waals surface area contributed by atoms with E-state index in [4.69, 9.17) is 19.6 Å². The summed E-state index contributed by atoms with van der Waals surface area (Å²) in [4.78, 5) is 24.4. The molecule has 5 atom stereocenters. The van der Waals surface area contributed by atoms with Gasteiger partial charge in [0.25, 0.3) is 0 Å². The fourth-order valence-electron chi connectivity index (χ4n) is 10.3. The van der Waals surface area contributed by atoms with Crippen molar-refractivity contribution in [2.75, 3.05) is 27.8 Å². The molecule has 6 aliphatic heterocycles. The van der Waals surface area contributed by atoms with Crippen LogP contribution in [0.3, 0.4) is 0 Å². The van der Waals surface area contributed by atoms with Crippen molar-refractivity contribution in [3.8, 4) is 0 Å². The van der Waals surface area contributed by atoms with Gasteiger partial charge in [0.05, 0.1) is 11.6 Å². The molecule has 0 amide bonds. The molecule has 2 N–H and O–H groups in total. The van der Waals surface area contributed by atoms with E-state index in [2.05, 4.69) is 150 Å². The first-order chi connectivity index (χ1) is 27.9. The number of aliphatic imine (C=N–C) groups is 3. The first-order valence-electron chi connectivity index (χ1n) is 21.3. The molecule has 6 aliphatic rings. The Labute approximate surface area is 337 Å². The smallest absolute Gasteiger partial charge is 0.308 e. The van der Waals surface area contributed by atoms with E-state index in [9.17, 15) is 0 Å². The third-order valence-electron chi connectivity index (χ3n) is 12.9. The SMILES string of the molecule is CCCC12CCCNC1N(c1ccccc1C)C(c1cc(C3=NC4CCC=[N+]=C4N3c3ccccc3C)cc(C3=NC4CCCNC4N3c3ccccc3C)c1)=N2. The van der Waals surface area contributed by atoms with Gasteiger partial charge in [-0.3, -0.25) is 20.6 Å². The van der Waals surface area contributed by atoms with Crippen LogP contribution in [-0.2, 0) is 0 Å². The van der Waals surface area contributed by atoms with Gasteiger partial charge in [-0.15, -0.1) is 0 Å². The highest BCUT2D eigenvalue weighted by Gasteiger charge is 2.51. The summed E-state index contributed by atoms with van der Waals surface area (Å²) in [5.74, 6) is 3.95. The van der Waals surface area contributed by atoms with Crippen LogP contribution < -0.4 is 30.0 Å². The van der Waals surface area contributed by atoms with Crippen LogP contribution in [-0.4, -0.2) is 72.6 Å². The van der Waals surface area contributed by atoms with Gasteiger partial charge in [0.2, 0.25) is 5.84 Å². The van der Waals surface area contributed by atoms with Crippen LogP contribution in [0.5, 0.6) is 0 Å². The number of piperidine rings is 2. The van der Waals surface area contributed by atoms with E-state index in [1.807, 2.05) is 0 Å². The summed E-state index contributed by atoms with van der Waals surface area (Å²) in [5.41, 5.74) is 10.2. The van der Waals surface area contributed by atoms with Crippen LogP contribution in [0.4, 0.5) is 17.1 Å². The van der Waals surface area contributed by atoms with E-state index in [-0.39, 0.29) is 30.0 Å². The maximum Gasteiger partial charge on any atom is 0.380 e. The molecule has 0 spiro atoms. The second-order valence-corrected chi connectivity index (χ2v) is 16.8. The first kappa shape index (κ1) is 36.0. The third kappa shape index (κ3) is 6.06. The Kier molecular flexibility index (Phi) is 9.20. The zero-order valence-electron chi connectivity index (χ0n) is 33.7. The minimum Gasteiger partial charge on any atom is -0.308 e. The van der Waals surface area contributed by atoms with Crippen molar-refractivity contribution in [2.24, 2.45) is 15.0 Å². The molecule has 290 valence electrons. The summed E-state index contributed by atoms with van der Waals surface area (Å²) in [6.07, 6.45) is 10.5. The number of aryl methyl sites for hydroxylation is 3. The Hall–Kier alpha value is -5.34. The Bertz CT molecular complexity index is 2380. The quantitative estimate of drug-likeness (QED) is 0.183. The summed E-state index contributed by atoms with van der Waals surface area (Å²) in [7, 11) is 0. The van der Waals surface area contributed by atoms with Gasteiger partial charge in [-0.05, 0) is 125 Å². The monoisotopic (exact) mass is 756 g/mol. The van der Waals surface area contributed by atoms with Gasteiger partial charge in [0.1, 0.15) is 29.7 Å². The van der Waals surface area contributed by atoms with E-state index in [1.54, 1.807) is 0 Å². The number of nitrogens with zero attached hydrogens (tertiary/aromatic N) is 7. The summed E-state index contributed by atoms with van der Waals surface area (Å²) in [6.45, 7) is 10.9. The van der Waals surface area contributed by atoms with Gasteiger partial charge in [-0.25, -0.2) is 9.66 Å². The zero-order valence-corrected chi connectivity index (χ0v) is 33.7. The van der Waals surface area contributed by atoms with Crippen LogP contribution in [0.1, 0.15) is 91.7 Å². The standard InChI is InChI=1S/C48H54N9/c1-5-23-48-24-14-27-51-47(48)57(41-22-11-8-17-33(41)4)44(54-48)36-29-34(42-52-37-18-12-25-49-45(37)55(42)39-20-9-6-15-31(39)2)28-35(30-36)43-53-38-19-13-26-50-46(38)56(43)40-21-10-7-16-32(40)3/h6-11,15-17,20-22,25,28-30,37-38,46-47,50-51H,5,12-14,18-19,23-24,26-27H2,1-4H3/q+1. The first-order valence-corrected chi connectivity index (χ1v) is 21.3. The molecule has 2 fully saturated rings. The summed E-state index contributed by atoms with van der Waals surface area (Å²) in [6, 6.07) is 33.4. The molecule has 10 rings (SSSR count). The van der Waals surface area contributed by atoms with Crippen molar-refractivity contribution in [2.45, 2.75) is 109 Å². The number of fused-ring (bicyclic) bond motifs is 3. The molecule has 9 nitrogen and oxygen atoms in total. The lowest BCUT2D eigenvalue weighted by molar-refractivity contribution is 0.238. The maximum absolute atomic E-state index is 5.90. The predicted molar refractivity (Wildman–Crippen MR) is 237 cm³/mol. The van der Waals surface area contributed by atoms with Gasteiger partial charge < -0.3 is 9.80 Å². The van der Waals surface area contributed by atoms with Gasteiger partial charge >= 0.3 is 5.84 Å². The van der Waals surface area contributed by atoms with Crippen molar-refractivity contribution in [1.29, 1.82) is 0 Å². The highest BCUT2D eigenvalue weighted by Crippen LogP contribution is 2.43. The molecular weight excluding hydrogens is 703 g/mol. The fourth-order valence-corrected chi connectivity index (χ4v) is 10.3. The minimum absolute atomic E-state index is 0.00301. The molecule has 5 unspecified atom stereocenters. The number of nitrogens with one attached hydrogen (secondary N) is 2. The van der Waals surface area contributed by atoms with Crippen LogP contribution in [0.15, 0.2) is 106 Å². The fraction of sp³-hybridized carbons (Fsp3) is 0.396. The molecular formula is C48H54N9+. The van der Waals surface area contributed by atoms with Crippen LogP contribution in [0.25, 0.3) is 0 Å². The van der Waals surface area contributed by atoms with Crippen LogP contribution in [0.2, 0.25) is 0 Å². The van der Waals surface area contributed by atoms with E-state index in [1.165, 1.54) is 28.1 Å². The van der Waals surface area contributed by atoms with Gasteiger partial charge in [-0.1, -0.05) is 67.9 Å². The number of hydrogen-bond donors (Lipinski definition) is 2. The molecule has 4 aromatic carbocycles. The average Bonchev–Trinajstić information content (AvgIpc) is 3.92. The Balaban J connectivity index is 1.22. The normalized spacial score (nSPS) is 26.4. The molecule has 0 aliphatic carbocycles. The van der Waals surface area contributed by atoms with E-state index in [0.717, 1.165) is 110 Å². The van der Waals surface area contributed by atoms with Crippen LogP contribution >= 0.6 is 0 Å². The molecule has 2 saturated heterocycles. The Morgan fingerprint density at radius 3 is 2.04 bits per heavy atom. The lowest BCUT2D eigenvalue weighted by atomic mass is 9.83. The van der Waals surface area contributed by atoms with Crippen molar-refractivity contribution in [3.05, 3.63) is 124 Å². The molecule has 0 bridgehead atoms. The summed E-state index contributed by atoms with van der Waals surface area (Å²) < 4.78 is 5.04. The lowest BCUT2D eigenvalue weighted by Gasteiger charge is -2.42. The van der Waals surface area contributed by atoms with Crippen molar-refractivity contribution >= 4 is 46.6 Å². The number of hydrogen-bond acceptors (Lipinski definition) is 8. The lowest BCUT2D eigenvalue weighted by Crippen LogP contribution is -2.59. The predicted octanol–water partition coefficient (Wildman–Crippen LogP) is 7.44. The van der Waals surface area contributed by atoms with E-state index in [0.29, 0.717) is 0 Å². The summed E-state index contributed by atoms with van der Waals surface area (Å²) >= 11 is 0. The highest BCUT2D eigenvalue weighted by molar-refractivity contribution is 6.31. The largest absolute Gasteiger partial charge is 0.380 e. The Morgan fingerprint density at radius 1 is 0.702 bits per heavy atom. The molecule has 0 saturated carbocycles. The molecule has 0 aromatic heterocycles.